The van der Waals surface area contributed by atoms with Gasteiger partial charge in [0, 0.05) is 28.5 Å². The van der Waals surface area contributed by atoms with Crippen LogP contribution in [0.5, 0.6) is 69.0 Å². The van der Waals surface area contributed by atoms with Crippen LogP contribution < -0.4 is 0 Å². The van der Waals surface area contributed by atoms with Crippen molar-refractivity contribution < 1.29 is 61.3 Å². The van der Waals surface area contributed by atoms with Crippen molar-refractivity contribution in [2.45, 2.75) is 52.4 Å². The van der Waals surface area contributed by atoms with Gasteiger partial charge in [0.2, 0.25) is 0 Å². The van der Waals surface area contributed by atoms with Gasteiger partial charge < -0.3 is 61.3 Å². The molecule has 0 aromatic heterocycles. The second kappa shape index (κ2) is 35.8. The quantitative estimate of drug-likeness (QED) is 0.0502. The van der Waals surface area contributed by atoms with Gasteiger partial charge in [-0.3, -0.25) is 0 Å². The average molecular weight is 1330 g/mol. The maximum absolute atomic E-state index is 9.82. The zero-order valence-electron chi connectivity index (χ0n) is 56.1. The molecular formula is C88H82O12. The van der Waals surface area contributed by atoms with E-state index < -0.39 is 0 Å². The summed E-state index contributed by atoms with van der Waals surface area (Å²) < 4.78 is 0. The highest BCUT2D eigenvalue weighted by Crippen LogP contribution is 2.44. The molecule has 14 aromatic carbocycles. The van der Waals surface area contributed by atoms with Crippen molar-refractivity contribution >= 4 is 21.5 Å². The molecule has 0 spiro atoms. The van der Waals surface area contributed by atoms with E-state index in [-0.39, 0.29) is 69.5 Å². The Balaban J connectivity index is 0.000000159. The highest BCUT2D eigenvalue weighted by Gasteiger charge is 2.29. The number of aryl methyl sites for hydroxylation is 5. The molecule has 0 fully saturated rings. The topological polar surface area (TPSA) is 243 Å². The lowest BCUT2D eigenvalue weighted by Gasteiger charge is -2.29. The third-order valence-electron chi connectivity index (χ3n) is 16.2. The smallest absolute Gasteiger partial charge is 0.123 e. The first-order valence-corrected chi connectivity index (χ1v) is 32.2. The van der Waals surface area contributed by atoms with E-state index in [4.69, 9.17) is 20.4 Å². The minimum atomic E-state index is -0.0570. The molecule has 14 aromatic rings. The molecule has 506 valence electrons. The number of aromatic hydroxyl groups is 12. The van der Waals surface area contributed by atoms with Crippen LogP contribution in [0.25, 0.3) is 21.5 Å². The van der Waals surface area contributed by atoms with Gasteiger partial charge in [-0.1, -0.05) is 205 Å². The Morgan fingerprint density at radius 2 is 0.470 bits per heavy atom. The van der Waals surface area contributed by atoms with Gasteiger partial charge in [0.15, 0.2) is 0 Å². The molecule has 0 aliphatic rings. The SMILES string of the molecule is Cc1ccc(C(c2ccc(O)cc2)C(c2ccc(O)cc2)c2ccc(O)cc2)cc1.Cc1ccc(C(c2ccc(O)cc2)c2ccc(O)cc2)cc1.Cc1ccc2ccc(O)cc2c1.Cc1cccc(O)c1.Cc1ccccc1O.Oc1ccc(O)cc1.Oc1cccc2c(O)cccc12. The molecule has 12 nitrogen and oxygen atoms in total. The van der Waals surface area contributed by atoms with E-state index in [1.807, 2.05) is 118 Å². The van der Waals surface area contributed by atoms with Gasteiger partial charge in [-0.2, -0.15) is 0 Å². The van der Waals surface area contributed by atoms with Crippen LogP contribution in [0.4, 0.5) is 0 Å². The number of fused-ring (bicyclic) bond motifs is 2. The molecule has 0 amide bonds. The van der Waals surface area contributed by atoms with Crippen molar-refractivity contribution in [3.8, 4) is 69.0 Å². The van der Waals surface area contributed by atoms with Gasteiger partial charge in [0.25, 0.3) is 0 Å². The van der Waals surface area contributed by atoms with E-state index in [0.29, 0.717) is 28.0 Å². The van der Waals surface area contributed by atoms with E-state index in [2.05, 4.69) is 80.6 Å². The van der Waals surface area contributed by atoms with Crippen LogP contribution in [0, 0.1) is 34.6 Å². The number of benzene rings is 14. The molecule has 12 heteroatoms. The molecule has 14 rings (SSSR count). The highest BCUT2D eigenvalue weighted by atomic mass is 16.3. The van der Waals surface area contributed by atoms with E-state index in [1.165, 1.54) is 51.9 Å². The molecule has 0 radical (unpaired) electrons. The lowest BCUT2D eigenvalue weighted by molar-refractivity contribution is 0.460. The minimum absolute atomic E-state index is 0.0275. The number of hydrogen-bond acceptors (Lipinski definition) is 12. The number of phenols is 12. The number of hydrogen-bond donors (Lipinski definition) is 12. The summed E-state index contributed by atoms with van der Waals surface area (Å²) in [6, 6.07) is 95.2. The third-order valence-corrected chi connectivity index (χ3v) is 16.2. The standard InChI is InChI=1S/C27H24O3.C20H18O2.C11H10O.C10H8O2.2C7H8O.C6H6O2/c1-18-2-4-19(5-3-18)26(20-6-12-23(28)13-7-20)27(21-8-14-24(29)15-9-21)22-10-16-25(30)17-11-22;1-14-2-4-15(5-3-14)20(16-6-10-18(21)11-7-16)17-8-12-19(22)13-9-17;1-8-2-3-9-4-5-11(12)7-10(9)6-8;11-9-5-1-3-7-8(9)4-2-6-10(7)12;1-6-3-2-4-7(8)5-6;1-6-4-2-3-5-7(6)8;7-5-1-2-6(8)4-3-5/h2-17,26-30H,1H3;2-13,20-22H,1H3;2-7,12H,1H3;1-6,11-12H;2*2-5,8H,1H3;1-4,7-8H. The monoisotopic (exact) mass is 1330 g/mol. The molecule has 100 heavy (non-hydrogen) atoms. The average Bonchev–Trinajstić information content (AvgIpc) is 0.789. The fourth-order valence-corrected chi connectivity index (χ4v) is 10.9. The summed E-state index contributed by atoms with van der Waals surface area (Å²) in [7, 11) is 0. The second-order valence-electron chi connectivity index (χ2n) is 24.0. The van der Waals surface area contributed by atoms with Crippen molar-refractivity contribution in [2.75, 3.05) is 0 Å². The molecule has 0 heterocycles. The normalized spacial score (nSPS) is 10.7. The van der Waals surface area contributed by atoms with Crippen LogP contribution in [0.15, 0.2) is 315 Å². The fourth-order valence-electron chi connectivity index (χ4n) is 10.9. The summed E-state index contributed by atoms with van der Waals surface area (Å²) in [6.45, 7) is 10.00. The van der Waals surface area contributed by atoms with Gasteiger partial charge in [-0.05, 0) is 223 Å². The molecule has 0 saturated heterocycles. The van der Waals surface area contributed by atoms with Crippen molar-refractivity contribution in [1.29, 1.82) is 0 Å². The van der Waals surface area contributed by atoms with Crippen LogP contribution in [-0.4, -0.2) is 61.3 Å². The Morgan fingerprint density at radius 1 is 0.190 bits per heavy atom. The summed E-state index contributed by atoms with van der Waals surface area (Å²) in [5, 5.41) is 115. The van der Waals surface area contributed by atoms with E-state index in [0.717, 1.165) is 49.9 Å². The summed E-state index contributed by atoms with van der Waals surface area (Å²) in [6.07, 6.45) is 0. The Bertz CT molecular complexity index is 4380. The molecule has 1 unspecified atom stereocenters. The van der Waals surface area contributed by atoms with Crippen LogP contribution in [-0.2, 0) is 0 Å². The zero-order valence-corrected chi connectivity index (χ0v) is 56.1. The minimum Gasteiger partial charge on any atom is -0.508 e. The molecule has 12 N–H and O–H groups in total. The molecule has 0 saturated carbocycles. The number of para-hydroxylation sites is 1. The van der Waals surface area contributed by atoms with Crippen LogP contribution in [0.3, 0.4) is 0 Å². The van der Waals surface area contributed by atoms with Crippen LogP contribution >= 0.6 is 0 Å². The van der Waals surface area contributed by atoms with Gasteiger partial charge in [0.1, 0.15) is 69.0 Å². The largest absolute Gasteiger partial charge is 0.508 e. The predicted molar refractivity (Wildman–Crippen MR) is 401 cm³/mol. The van der Waals surface area contributed by atoms with Crippen molar-refractivity contribution in [1.82, 2.24) is 0 Å². The summed E-state index contributed by atoms with van der Waals surface area (Å²) >= 11 is 0. The zero-order chi connectivity index (χ0) is 71.7. The van der Waals surface area contributed by atoms with E-state index >= 15 is 0 Å². The van der Waals surface area contributed by atoms with Crippen molar-refractivity contribution in [2.24, 2.45) is 0 Å². The van der Waals surface area contributed by atoms with Gasteiger partial charge in [-0.25, -0.2) is 0 Å². The first-order chi connectivity index (χ1) is 48.1. The van der Waals surface area contributed by atoms with Crippen LogP contribution in [0.1, 0.15) is 84.5 Å². The first-order valence-electron chi connectivity index (χ1n) is 32.2. The summed E-state index contributed by atoms with van der Waals surface area (Å²) in [4.78, 5) is 0. The highest BCUT2D eigenvalue weighted by molar-refractivity contribution is 5.92. The van der Waals surface area contributed by atoms with Crippen molar-refractivity contribution in [3.63, 3.8) is 0 Å². The fraction of sp³-hybridized carbons (Fsp3) is 0.0909. The summed E-state index contributed by atoms with van der Waals surface area (Å²) in [5.41, 5.74) is 13.4. The first kappa shape index (κ1) is 73.0. The molecule has 0 aliphatic heterocycles. The number of phenolic OH excluding ortho intramolecular Hbond substituents is 12. The molecule has 1 atom stereocenters. The molecule has 0 aliphatic carbocycles. The van der Waals surface area contributed by atoms with Gasteiger partial charge in [0.05, 0.1) is 0 Å². The van der Waals surface area contributed by atoms with Crippen LogP contribution in [0.2, 0.25) is 0 Å². The number of rotatable bonds is 8. The van der Waals surface area contributed by atoms with E-state index in [9.17, 15) is 40.9 Å². The van der Waals surface area contributed by atoms with Gasteiger partial charge >= 0.3 is 0 Å². The maximum Gasteiger partial charge on any atom is 0.123 e. The van der Waals surface area contributed by atoms with Gasteiger partial charge in [-0.15, -0.1) is 0 Å². The lowest BCUT2D eigenvalue weighted by Crippen LogP contribution is -2.14. The Hall–Kier alpha value is -12.8. The van der Waals surface area contributed by atoms with E-state index in [1.54, 1.807) is 127 Å². The Morgan fingerprint density at radius 3 is 0.810 bits per heavy atom. The third kappa shape index (κ3) is 21.9. The Labute approximate surface area is 583 Å². The summed E-state index contributed by atoms with van der Waals surface area (Å²) in [5.74, 6) is 2.95. The lowest BCUT2D eigenvalue weighted by atomic mass is 9.73. The predicted octanol–water partition coefficient (Wildman–Crippen LogP) is 20.3. The molecule has 0 bridgehead atoms. The van der Waals surface area contributed by atoms with Crippen molar-refractivity contribution in [3.05, 3.63) is 382 Å². The Kier molecular flexibility index (Phi) is 26.1. The second-order valence-corrected chi connectivity index (χ2v) is 24.0. The molecular weight excluding hydrogens is 1250 g/mol. The maximum atomic E-state index is 9.82.